The molecule has 1 aromatic heterocycles. The minimum absolute atomic E-state index is 0.0743. The Morgan fingerprint density at radius 2 is 1.34 bits per heavy atom. The summed E-state index contributed by atoms with van der Waals surface area (Å²) in [5.74, 6) is 0.848. The summed E-state index contributed by atoms with van der Waals surface area (Å²) < 4.78 is 79.2. The van der Waals surface area contributed by atoms with Crippen molar-refractivity contribution >= 4 is 37.9 Å². The minimum Gasteiger partial charge on any atom is -0.497 e. The van der Waals surface area contributed by atoms with Crippen LogP contribution in [0, 0.1) is 13.8 Å². The molecule has 1 amide bonds. The van der Waals surface area contributed by atoms with Gasteiger partial charge in [0.05, 0.1) is 49.6 Å². The van der Waals surface area contributed by atoms with Crippen LogP contribution in [0.5, 0.6) is 17.2 Å². The first-order valence-electron chi connectivity index (χ1n) is 16.3. The normalized spacial score (nSPS) is 11.8. The fourth-order valence-electron chi connectivity index (χ4n) is 5.21. The smallest absolute Gasteiger partial charge is 0.264 e. The van der Waals surface area contributed by atoms with E-state index in [1.54, 1.807) is 48.5 Å². The van der Waals surface area contributed by atoms with Crippen LogP contribution in [0.15, 0.2) is 122 Å². The second-order valence-corrected chi connectivity index (χ2v) is 15.7. The zero-order chi connectivity index (χ0) is 38.2. The van der Waals surface area contributed by atoms with E-state index in [0.717, 1.165) is 21.0 Å². The summed E-state index contributed by atoms with van der Waals surface area (Å²) in [4.78, 5) is 13.2. The van der Waals surface area contributed by atoms with Crippen LogP contribution in [0.4, 0.5) is 5.69 Å². The summed E-state index contributed by atoms with van der Waals surface area (Å²) in [5, 5.41) is 3.97. The van der Waals surface area contributed by atoms with E-state index in [0.29, 0.717) is 17.3 Å². The van der Waals surface area contributed by atoms with Crippen molar-refractivity contribution in [3.05, 3.63) is 131 Å². The number of carbonyl (C=O) groups excluding carboxylic acids is 1. The molecule has 5 aromatic rings. The minimum atomic E-state index is -4.30. The predicted octanol–water partition coefficient (Wildman–Crippen LogP) is 5.66. The van der Waals surface area contributed by atoms with E-state index in [-0.39, 0.29) is 40.1 Å². The van der Waals surface area contributed by atoms with Gasteiger partial charge in [0.15, 0.2) is 11.5 Å². The lowest BCUT2D eigenvalue weighted by atomic mass is 10.1. The number of anilines is 1. The van der Waals surface area contributed by atoms with Gasteiger partial charge >= 0.3 is 0 Å². The molecule has 0 fully saturated rings. The quantitative estimate of drug-likeness (QED) is 0.0991. The number of hydrogen-bond donors (Lipinski definition) is 1. The van der Waals surface area contributed by atoms with Gasteiger partial charge in [-0.15, -0.1) is 0 Å². The maximum absolute atomic E-state index is 13.9. The fraction of sp³-hybridized carbons (Fsp3) is 0.211. The largest absolute Gasteiger partial charge is 0.497 e. The van der Waals surface area contributed by atoms with Crippen molar-refractivity contribution < 1.29 is 40.3 Å². The Kier molecular flexibility index (Phi) is 12.2. The Labute approximate surface area is 309 Å². The fourth-order valence-corrected chi connectivity index (χ4v) is 8.04. The molecule has 0 bridgehead atoms. The number of benzene rings is 4. The van der Waals surface area contributed by atoms with Crippen LogP contribution >= 0.6 is 0 Å². The third-order valence-electron chi connectivity index (χ3n) is 8.12. The molecular weight excluding hydrogens is 721 g/mol. The highest BCUT2D eigenvalue weighted by atomic mass is 32.2. The standard InChI is InChI=1S/C38H40N4O9S2/c1-27-6-10-29(11-7-27)24-41(52(44,45)34-18-8-28(2)9-19-34)25-33-17-16-32(51-33)23-39-40-38(43)26-42(30-12-14-31(48-3)15-13-30)53(46,47)35-20-21-36(49-4)37(22-35)50-5/h6-23H,24-26H2,1-5H3,(H,40,43)/b39-23-. The topological polar surface area (TPSA) is 157 Å². The van der Waals surface area contributed by atoms with Crippen molar-refractivity contribution in [3.63, 3.8) is 0 Å². The van der Waals surface area contributed by atoms with Gasteiger partial charge in [0.2, 0.25) is 10.0 Å². The van der Waals surface area contributed by atoms with E-state index in [2.05, 4.69) is 10.5 Å². The van der Waals surface area contributed by atoms with Crippen LogP contribution in [0.2, 0.25) is 0 Å². The molecule has 0 unspecified atom stereocenters. The van der Waals surface area contributed by atoms with Crippen molar-refractivity contribution in [1.82, 2.24) is 9.73 Å². The molecule has 0 saturated heterocycles. The molecular formula is C38H40N4O9S2. The first-order chi connectivity index (χ1) is 25.3. The van der Waals surface area contributed by atoms with Gasteiger partial charge in [-0.2, -0.15) is 9.41 Å². The molecule has 0 radical (unpaired) electrons. The monoisotopic (exact) mass is 760 g/mol. The van der Waals surface area contributed by atoms with Gasteiger partial charge in [-0.3, -0.25) is 9.10 Å². The summed E-state index contributed by atoms with van der Waals surface area (Å²) in [6, 6.07) is 27.7. The lowest BCUT2D eigenvalue weighted by Crippen LogP contribution is -2.39. The number of methoxy groups -OCH3 is 3. The number of ether oxygens (including phenoxy) is 3. The Bertz CT molecular complexity index is 2270. The molecule has 5 rings (SSSR count). The maximum atomic E-state index is 13.9. The molecule has 53 heavy (non-hydrogen) atoms. The summed E-state index contributed by atoms with van der Waals surface area (Å²) in [5.41, 5.74) is 5.34. The lowest BCUT2D eigenvalue weighted by molar-refractivity contribution is -0.119. The van der Waals surface area contributed by atoms with E-state index in [1.165, 1.54) is 62.2 Å². The van der Waals surface area contributed by atoms with Crippen molar-refractivity contribution in [2.75, 3.05) is 32.2 Å². The van der Waals surface area contributed by atoms with Crippen LogP contribution in [0.1, 0.15) is 28.2 Å². The second-order valence-electron chi connectivity index (χ2n) is 11.9. The number of carbonyl (C=O) groups is 1. The zero-order valence-electron chi connectivity index (χ0n) is 29.8. The number of nitrogens with zero attached hydrogens (tertiary/aromatic N) is 3. The third kappa shape index (κ3) is 9.43. The summed E-state index contributed by atoms with van der Waals surface area (Å²) in [6.45, 7) is 3.24. The number of amides is 1. The lowest BCUT2D eigenvalue weighted by Gasteiger charge is -2.24. The van der Waals surface area contributed by atoms with Crippen LogP contribution in [0.25, 0.3) is 0 Å². The van der Waals surface area contributed by atoms with Crippen molar-refractivity contribution in [2.45, 2.75) is 36.7 Å². The predicted molar refractivity (Wildman–Crippen MR) is 200 cm³/mol. The molecule has 1 heterocycles. The van der Waals surface area contributed by atoms with Gasteiger partial charge < -0.3 is 18.6 Å². The number of sulfonamides is 2. The number of aryl methyl sites for hydroxylation is 2. The molecule has 0 atom stereocenters. The number of hydrogen-bond acceptors (Lipinski definition) is 10. The van der Waals surface area contributed by atoms with Crippen LogP contribution in [-0.4, -0.2) is 61.1 Å². The summed E-state index contributed by atoms with van der Waals surface area (Å²) >= 11 is 0. The highest BCUT2D eigenvalue weighted by molar-refractivity contribution is 7.92. The SMILES string of the molecule is COc1ccc(N(CC(=O)N/N=C\c2ccc(CN(Cc3ccc(C)cc3)S(=O)(=O)c3ccc(C)cc3)o2)S(=O)(=O)c2ccc(OC)c(OC)c2)cc1. The Balaban J connectivity index is 1.32. The van der Waals surface area contributed by atoms with Gasteiger partial charge in [0.1, 0.15) is 23.8 Å². The Hall–Kier alpha value is -5.64. The third-order valence-corrected chi connectivity index (χ3v) is 11.7. The Morgan fingerprint density at radius 1 is 0.717 bits per heavy atom. The van der Waals surface area contributed by atoms with E-state index >= 15 is 0 Å². The average Bonchev–Trinajstić information content (AvgIpc) is 3.61. The molecule has 13 nitrogen and oxygen atoms in total. The maximum Gasteiger partial charge on any atom is 0.264 e. The molecule has 0 aliphatic heterocycles. The van der Waals surface area contributed by atoms with Gasteiger partial charge in [0, 0.05) is 12.6 Å². The Morgan fingerprint density at radius 3 is 1.96 bits per heavy atom. The second kappa shape index (κ2) is 16.8. The van der Waals surface area contributed by atoms with Crippen molar-refractivity contribution in [1.29, 1.82) is 0 Å². The zero-order valence-corrected chi connectivity index (χ0v) is 31.5. The van der Waals surface area contributed by atoms with Crippen molar-refractivity contribution in [2.24, 2.45) is 5.10 Å². The molecule has 4 aromatic carbocycles. The first-order valence-corrected chi connectivity index (χ1v) is 19.1. The summed E-state index contributed by atoms with van der Waals surface area (Å²) in [6.07, 6.45) is 1.24. The molecule has 278 valence electrons. The van der Waals surface area contributed by atoms with Crippen LogP contribution in [-0.2, 0) is 37.9 Å². The number of nitrogens with one attached hydrogen (secondary N) is 1. The molecule has 15 heteroatoms. The molecule has 0 spiro atoms. The number of hydrazone groups is 1. The van der Waals surface area contributed by atoms with Gasteiger partial charge in [-0.1, -0.05) is 47.5 Å². The van der Waals surface area contributed by atoms with E-state index in [1.807, 2.05) is 38.1 Å². The van der Waals surface area contributed by atoms with Crippen LogP contribution in [0.3, 0.4) is 0 Å². The number of rotatable bonds is 16. The van der Waals surface area contributed by atoms with Gasteiger partial charge in [-0.25, -0.2) is 22.3 Å². The van der Waals surface area contributed by atoms with E-state index in [4.69, 9.17) is 18.6 Å². The van der Waals surface area contributed by atoms with E-state index < -0.39 is 32.5 Å². The summed E-state index contributed by atoms with van der Waals surface area (Å²) in [7, 11) is -3.91. The molecule has 0 saturated carbocycles. The first kappa shape index (κ1) is 38.6. The molecule has 1 N–H and O–H groups in total. The highest BCUT2D eigenvalue weighted by Crippen LogP contribution is 2.32. The highest BCUT2D eigenvalue weighted by Gasteiger charge is 2.29. The van der Waals surface area contributed by atoms with Gasteiger partial charge in [0.25, 0.3) is 15.9 Å². The molecule has 0 aliphatic rings. The van der Waals surface area contributed by atoms with Gasteiger partial charge in [-0.05, 0) is 80.1 Å². The average molecular weight is 761 g/mol. The van der Waals surface area contributed by atoms with Crippen LogP contribution < -0.4 is 23.9 Å². The van der Waals surface area contributed by atoms with Crippen molar-refractivity contribution in [3.8, 4) is 17.2 Å². The molecule has 0 aliphatic carbocycles. The van der Waals surface area contributed by atoms with E-state index in [9.17, 15) is 21.6 Å². The number of furan rings is 1.